The number of fused-ring (bicyclic) bond motifs is 1. The maximum absolute atomic E-state index is 10.1. The van der Waals surface area contributed by atoms with Gasteiger partial charge in [-0.25, -0.2) is 9.59 Å². The number of aromatic hydroxyl groups is 1. The van der Waals surface area contributed by atoms with E-state index in [0.29, 0.717) is 30.6 Å². The topological polar surface area (TPSA) is 117 Å². The first-order chi connectivity index (χ1) is 15.1. The van der Waals surface area contributed by atoms with Gasteiger partial charge in [0.25, 0.3) is 0 Å². The number of likely N-dealkylation sites (tertiary alicyclic amines) is 1. The molecular formula is C24H31NO7. The molecule has 8 nitrogen and oxygen atoms in total. The molecule has 3 fully saturated rings. The molecule has 4 aliphatic rings. The van der Waals surface area contributed by atoms with E-state index < -0.39 is 17.7 Å². The minimum Gasteiger partial charge on any atom is -0.508 e. The van der Waals surface area contributed by atoms with E-state index in [2.05, 4.69) is 11.0 Å². The van der Waals surface area contributed by atoms with Crippen LogP contribution in [0.4, 0.5) is 0 Å². The number of ether oxygens (including phenoxy) is 2. The Morgan fingerprint density at radius 2 is 1.88 bits per heavy atom. The Hall–Kier alpha value is -2.42. The molecule has 5 rings (SSSR count). The van der Waals surface area contributed by atoms with Crippen molar-refractivity contribution in [3.8, 4) is 5.75 Å². The molecule has 2 heterocycles. The van der Waals surface area contributed by atoms with Crippen LogP contribution in [0.5, 0.6) is 5.75 Å². The number of benzene rings is 1. The lowest BCUT2D eigenvalue weighted by atomic mass is 9.61. The van der Waals surface area contributed by atoms with Crippen LogP contribution < -0.4 is 0 Å². The Morgan fingerprint density at radius 3 is 2.50 bits per heavy atom. The van der Waals surface area contributed by atoms with Crippen LogP contribution in [0.1, 0.15) is 44.2 Å². The highest BCUT2D eigenvalue weighted by molar-refractivity contribution is 5.89. The molecule has 0 aromatic heterocycles. The maximum atomic E-state index is 10.1. The molecule has 32 heavy (non-hydrogen) atoms. The van der Waals surface area contributed by atoms with Crippen molar-refractivity contribution in [1.82, 2.24) is 4.90 Å². The summed E-state index contributed by atoms with van der Waals surface area (Å²) in [5, 5.41) is 25.7. The number of carboxylic acid groups (broad SMARTS) is 2. The van der Waals surface area contributed by atoms with Crippen molar-refractivity contribution in [3.63, 3.8) is 0 Å². The Morgan fingerprint density at radius 1 is 1.19 bits per heavy atom. The van der Waals surface area contributed by atoms with Crippen molar-refractivity contribution in [1.29, 1.82) is 0 Å². The fourth-order valence-corrected chi connectivity index (χ4v) is 5.23. The van der Waals surface area contributed by atoms with Crippen LogP contribution in [0.2, 0.25) is 0 Å². The standard InChI is InChI=1S/C20H27NO3.C4H4O4/c1-19(2)23-12-20-7-8-21(11-13-3-4-13)17(18(20)24-19)9-14-5-6-15(22)10-16(14)20;5-3(6)1-2-4(7)8/h5-6,10,13,17-18,22H,3-4,7-9,11-12H2,1-2H3;1-2H,(H,5,6)(H,7,8)/b;2-1+/t17-,18+,20-;/m1./s1. The van der Waals surface area contributed by atoms with Crippen LogP contribution in [0.25, 0.3) is 0 Å². The Bertz CT molecular complexity index is 907. The number of phenolic OH excluding ortho intramolecular Hbond substituents is 1. The van der Waals surface area contributed by atoms with Gasteiger partial charge < -0.3 is 24.8 Å². The number of rotatable bonds is 4. The summed E-state index contributed by atoms with van der Waals surface area (Å²) in [4.78, 5) is 21.8. The first-order valence-corrected chi connectivity index (χ1v) is 11.1. The highest BCUT2D eigenvalue weighted by Crippen LogP contribution is 2.52. The van der Waals surface area contributed by atoms with Gasteiger partial charge in [0.05, 0.1) is 12.7 Å². The molecule has 0 radical (unpaired) electrons. The van der Waals surface area contributed by atoms with Crippen LogP contribution >= 0.6 is 0 Å². The number of hydrogen-bond acceptors (Lipinski definition) is 6. The van der Waals surface area contributed by atoms with E-state index in [1.807, 2.05) is 26.0 Å². The molecule has 2 aliphatic heterocycles. The van der Waals surface area contributed by atoms with Gasteiger partial charge in [0.15, 0.2) is 5.79 Å². The molecule has 0 spiro atoms. The van der Waals surface area contributed by atoms with Crippen LogP contribution in [0.15, 0.2) is 30.4 Å². The van der Waals surface area contributed by atoms with E-state index in [4.69, 9.17) is 19.7 Å². The van der Waals surface area contributed by atoms with Gasteiger partial charge in [0.1, 0.15) is 5.75 Å². The van der Waals surface area contributed by atoms with E-state index in [1.165, 1.54) is 30.5 Å². The minimum atomic E-state index is -1.26. The van der Waals surface area contributed by atoms with E-state index in [1.54, 1.807) is 0 Å². The number of piperidine rings is 1. The molecular weight excluding hydrogens is 414 g/mol. The molecule has 3 atom stereocenters. The second-order valence-electron chi connectivity index (χ2n) is 9.69. The summed E-state index contributed by atoms with van der Waals surface area (Å²) < 4.78 is 12.6. The molecule has 1 aromatic rings. The van der Waals surface area contributed by atoms with Crippen molar-refractivity contribution >= 4 is 11.9 Å². The van der Waals surface area contributed by atoms with Gasteiger partial charge in [-0.3, -0.25) is 4.90 Å². The molecule has 0 amide bonds. The molecule has 1 aromatic carbocycles. The first kappa shape index (κ1) is 22.8. The van der Waals surface area contributed by atoms with Crippen molar-refractivity contribution in [3.05, 3.63) is 41.5 Å². The number of carboxylic acids is 2. The van der Waals surface area contributed by atoms with E-state index in [9.17, 15) is 14.7 Å². The molecule has 2 aliphatic carbocycles. The quantitative estimate of drug-likeness (QED) is 0.606. The minimum absolute atomic E-state index is 0.105. The second kappa shape index (κ2) is 8.50. The van der Waals surface area contributed by atoms with Crippen LogP contribution in [-0.2, 0) is 30.9 Å². The lowest BCUT2D eigenvalue weighted by Gasteiger charge is -2.60. The normalized spacial score (nSPS) is 30.6. The van der Waals surface area contributed by atoms with Gasteiger partial charge in [-0.2, -0.15) is 0 Å². The molecule has 3 N–H and O–H groups in total. The van der Waals surface area contributed by atoms with Crippen LogP contribution in [0.3, 0.4) is 0 Å². The number of phenols is 1. The summed E-state index contributed by atoms with van der Waals surface area (Å²) in [7, 11) is 0. The highest BCUT2D eigenvalue weighted by atomic mass is 16.7. The van der Waals surface area contributed by atoms with Crippen molar-refractivity contribution in [2.24, 2.45) is 5.92 Å². The summed E-state index contributed by atoms with van der Waals surface area (Å²) in [5.74, 6) is -1.79. The number of carbonyl (C=O) groups is 2. The number of hydrogen-bond donors (Lipinski definition) is 3. The maximum Gasteiger partial charge on any atom is 0.328 e. The summed E-state index contributed by atoms with van der Waals surface area (Å²) in [6.07, 6.45) is 6.11. The first-order valence-electron chi connectivity index (χ1n) is 11.1. The number of nitrogens with zero attached hydrogens (tertiary/aromatic N) is 1. The molecule has 174 valence electrons. The summed E-state index contributed by atoms with van der Waals surface area (Å²) in [6, 6.07) is 6.32. The smallest absolute Gasteiger partial charge is 0.328 e. The molecule has 2 bridgehead atoms. The average molecular weight is 446 g/mol. The molecule has 0 unspecified atom stereocenters. The van der Waals surface area contributed by atoms with Gasteiger partial charge in [-0.1, -0.05) is 6.07 Å². The van der Waals surface area contributed by atoms with Crippen LogP contribution in [0, 0.1) is 5.92 Å². The zero-order chi connectivity index (χ0) is 23.1. The third kappa shape index (κ3) is 4.67. The Kier molecular flexibility index (Phi) is 6.04. The second-order valence-corrected chi connectivity index (χ2v) is 9.69. The third-order valence-electron chi connectivity index (χ3n) is 6.91. The fourth-order valence-electron chi connectivity index (χ4n) is 5.23. The average Bonchev–Trinajstić information content (AvgIpc) is 3.53. The van der Waals surface area contributed by atoms with Crippen LogP contribution in [-0.4, -0.2) is 69.8 Å². The van der Waals surface area contributed by atoms with Gasteiger partial charge in [0, 0.05) is 30.2 Å². The summed E-state index contributed by atoms with van der Waals surface area (Å²) in [6.45, 7) is 7.07. The van der Waals surface area contributed by atoms with E-state index in [0.717, 1.165) is 25.3 Å². The fraction of sp³-hybridized carbons (Fsp3) is 0.583. The Labute approximate surface area is 187 Å². The summed E-state index contributed by atoms with van der Waals surface area (Å²) in [5.41, 5.74) is 2.51. The van der Waals surface area contributed by atoms with E-state index >= 15 is 0 Å². The van der Waals surface area contributed by atoms with Gasteiger partial charge in [0.2, 0.25) is 0 Å². The van der Waals surface area contributed by atoms with Crippen molar-refractivity contribution < 1.29 is 34.4 Å². The highest BCUT2D eigenvalue weighted by Gasteiger charge is 2.59. The zero-order valence-electron chi connectivity index (χ0n) is 18.5. The predicted molar refractivity (Wildman–Crippen MR) is 116 cm³/mol. The largest absolute Gasteiger partial charge is 0.508 e. The van der Waals surface area contributed by atoms with Crippen molar-refractivity contribution in [2.75, 3.05) is 19.7 Å². The lowest BCUT2D eigenvalue weighted by molar-refractivity contribution is -0.322. The Balaban J connectivity index is 0.000000265. The molecule has 8 heteroatoms. The zero-order valence-corrected chi connectivity index (χ0v) is 18.5. The van der Waals surface area contributed by atoms with Crippen molar-refractivity contribution in [2.45, 2.75) is 62.9 Å². The monoisotopic (exact) mass is 445 g/mol. The van der Waals surface area contributed by atoms with E-state index in [-0.39, 0.29) is 11.5 Å². The predicted octanol–water partition coefficient (Wildman–Crippen LogP) is 2.53. The van der Waals surface area contributed by atoms with Gasteiger partial charge >= 0.3 is 11.9 Å². The SMILES string of the molecule is CC1(C)OC[C@]23CCN(CC4CC4)[C@H](Cc4ccc(O)cc42)[C@@H]3O1.O=C(O)/C=C/C(=O)O. The van der Waals surface area contributed by atoms with Gasteiger partial charge in [-0.15, -0.1) is 0 Å². The summed E-state index contributed by atoms with van der Waals surface area (Å²) >= 11 is 0. The molecule has 2 saturated heterocycles. The third-order valence-corrected chi connectivity index (χ3v) is 6.91. The lowest BCUT2D eigenvalue weighted by Crippen LogP contribution is -2.70. The van der Waals surface area contributed by atoms with Gasteiger partial charge in [-0.05, 0) is 75.3 Å². The number of aliphatic carboxylic acids is 2. The molecule has 1 saturated carbocycles.